The number of rotatable bonds is 3. The van der Waals surface area contributed by atoms with Crippen LogP contribution in [0, 0.1) is 0 Å². The quantitative estimate of drug-likeness (QED) is 0.690. The summed E-state index contributed by atoms with van der Waals surface area (Å²) in [5.41, 5.74) is 5.99. The molecular formula is C7H10N2OS. The van der Waals surface area contributed by atoms with E-state index in [1.807, 2.05) is 6.92 Å². The van der Waals surface area contributed by atoms with Gasteiger partial charge in [0.05, 0.1) is 0 Å². The van der Waals surface area contributed by atoms with Crippen molar-refractivity contribution < 1.29 is 4.79 Å². The van der Waals surface area contributed by atoms with E-state index in [9.17, 15) is 4.79 Å². The summed E-state index contributed by atoms with van der Waals surface area (Å²) >= 11 is 1.28. The Morgan fingerprint density at radius 3 is 3.09 bits per heavy atom. The summed E-state index contributed by atoms with van der Waals surface area (Å²) < 4.78 is 3.91. The van der Waals surface area contributed by atoms with E-state index in [0.29, 0.717) is 12.1 Å². The second kappa shape index (κ2) is 3.59. The van der Waals surface area contributed by atoms with Crippen LogP contribution in [0.5, 0.6) is 0 Å². The van der Waals surface area contributed by atoms with E-state index >= 15 is 0 Å². The molecule has 0 unspecified atom stereocenters. The zero-order valence-corrected chi connectivity index (χ0v) is 7.10. The van der Waals surface area contributed by atoms with Gasteiger partial charge in [-0.15, -0.1) is 0 Å². The Morgan fingerprint density at radius 2 is 2.64 bits per heavy atom. The summed E-state index contributed by atoms with van der Waals surface area (Å²) in [6, 6.07) is 1.64. The van der Waals surface area contributed by atoms with Crippen LogP contribution < -0.4 is 5.73 Å². The van der Waals surface area contributed by atoms with Crippen LogP contribution in [0.4, 0.5) is 0 Å². The van der Waals surface area contributed by atoms with E-state index in [-0.39, 0.29) is 11.8 Å². The maximum Gasteiger partial charge on any atom is 0.183 e. The van der Waals surface area contributed by atoms with E-state index in [2.05, 4.69) is 4.37 Å². The maximum atomic E-state index is 11.2. The minimum absolute atomic E-state index is 0.0289. The standard InChI is InChI=1S/C7H10N2OS/c1-5(8)4-7(10)6-2-3-11-9-6/h2-3,5H,4,8H2,1H3/t5-/m1/s1. The Kier molecular flexibility index (Phi) is 2.73. The summed E-state index contributed by atoms with van der Waals surface area (Å²) in [7, 11) is 0. The first-order valence-corrected chi connectivity index (χ1v) is 4.23. The molecule has 0 radical (unpaired) electrons. The van der Waals surface area contributed by atoms with Gasteiger partial charge in [0.2, 0.25) is 0 Å². The Labute approximate surface area is 69.4 Å². The van der Waals surface area contributed by atoms with Gasteiger partial charge in [0, 0.05) is 17.8 Å². The lowest BCUT2D eigenvalue weighted by atomic mass is 10.1. The molecule has 0 aliphatic carbocycles. The molecule has 1 atom stereocenters. The molecule has 0 amide bonds. The van der Waals surface area contributed by atoms with Crippen LogP contribution in [-0.2, 0) is 0 Å². The second-order valence-electron chi connectivity index (χ2n) is 2.49. The molecule has 2 N–H and O–H groups in total. The molecule has 11 heavy (non-hydrogen) atoms. The van der Waals surface area contributed by atoms with Crippen molar-refractivity contribution in [2.45, 2.75) is 19.4 Å². The number of hydrogen-bond acceptors (Lipinski definition) is 4. The molecule has 0 saturated heterocycles. The number of ketones is 1. The van der Waals surface area contributed by atoms with Crippen LogP contribution >= 0.6 is 11.5 Å². The Morgan fingerprint density at radius 1 is 1.91 bits per heavy atom. The molecule has 0 aromatic carbocycles. The van der Waals surface area contributed by atoms with Crippen LogP contribution in [-0.4, -0.2) is 16.2 Å². The van der Waals surface area contributed by atoms with Gasteiger partial charge in [-0.1, -0.05) is 0 Å². The Bertz CT molecular complexity index is 231. The van der Waals surface area contributed by atoms with E-state index in [4.69, 9.17) is 5.73 Å². The average Bonchev–Trinajstić information content (AvgIpc) is 2.35. The van der Waals surface area contributed by atoms with Crippen molar-refractivity contribution >= 4 is 17.3 Å². The van der Waals surface area contributed by atoms with Crippen molar-refractivity contribution in [3.05, 3.63) is 17.1 Å². The molecule has 1 heterocycles. The molecule has 3 nitrogen and oxygen atoms in total. The number of carbonyl (C=O) groups is 1. The number of carbonyl (C=O) groups excluding carboxylic acids is 1. The van der Waals surface area contributed by atoms with E-state index < -0.39 is 0 Å². The van der Waals surface area contributed by atoms with Crippen molar-refractivity contribution in [2.24, 2.45) is 5.73 Å². The van der Waals surface area contributed by atoms with Crippen molar-refractivity contribution in [1.29, 1.82) is 0 Å². The zero-order valence-electron chi connectivity index (χ0n) is 6.28. The average molecular weight is 170 g/mol. The number of hydrogen-bond donors (Lipinski definition) is 1. The molecule has 0 bridgehead atoms. The lowest BCUT2D eigenvalue weighted by Crippen LogP contribution is -2.19. The fourth-order valence-corrected chi connectivity index (χ4v) is 1.28. The largest absolute Gasteiger partial charge is 0.328 e. The predicted octanol–water partition coefficient (Wildman–Crippen LogP) is 1.06. The van der Waals surface area contributed by atoms with Gasteiger partial charge in [-0.05, 0) is 24.5 Å². The molecule has 1 rings (SSSR count). The summed E-state index contributed by atoms with van der Waals surface area (Å²) in [5.74, 6) is 0.0289. The summed E-state index contributed by atoms with van der Waals surface area (Å²) in [5, 5.41) is 1.79. The first-order chi connectivity index (χ1) is 5.20. The highest BCUT2D eigenvalue weighted by Crippen LogP contribution is 2.04. The normalized spacial score (nSPS) is 12.9. The number of nitrogens with two attached hydrogens (primary N) is 1. The minimum atomic E-state index is -0.0794. The third kappa shape index (κ3) is 2.40. The monoisotopic (exact) mass is 170 g/mol. The fraction of sp³-hybridized carbons (Fsp3) is 0.429. The van der Waals surface area contributed by atoms with Crippen LogP contribution in [0.3, 0.4) is 0 Å². The van der Waals surface area contributed by atoms with Gasteiger partial charge >= 0.3 is 0 Å². The summed E-state index contributed by atoms with van der Waals surface area (Å²) in [6.45, 7) is 1.81. The third-order valence-corrected chi connectivity index (χ3v) is 1.79. The van der Waals surface area contributed by atoms with E-state index in [1.54, 1.807) is 11.4 Å². The van der Waals surface area contributed by atoms with Crippen molar-refractivity contribution in [1.82, 2.24) is 4.37 Å². The van der Waals surface area contributed by atoms with Crippen molar-refractivity contribution in [3.8, 4) is 0 Å². The third-order valence-electron chi connectivity index (χ3n) is 1.23. The van der Waals surface area contributed by atoms with Crippen LogP contribution in [0.2, 0.25) is 0 Å². The molecule has 1 aromatic rings. The van der Waals surface area contributed by atoms with Gasteiger partial charge in [0.25, 0.3) is 0 Å². The van der Waals surface area contributed by atoms with E-state index in [0.717, 1.165) is 0 Å². The van der Waals surface area contributed by atoms with Crippen LogP contribution in [0.25, 0.3) is 0 Å². The van der Waals surface area contributed by atoms with Crippen molar-refractivity contribution in [3.63, 3.8) is 0 Å². The number of aromatic nitrogens is 1. The molecule has 0 saturated carbocycles. The molecule has 0 aliphatic rings. The molecule has 0 aliphatic heterocycles. The second-order valence-corrected chi connectivity index (χ2v) is 3.15. The lowest BCUT2D eigenvalue weighted by Gasteiger charge is -1.99. The Hall–Kier alpha value is -0.740. The number of nitrogens with zero attached hydrogens (tertiary/aromatic N) is 1. The predicted molar refractivity (Wildman–Crippen MR) is 44.7 cm³/mol. The van der Waals surface area contributed by atoms with Gasteiger partial charge in [0.15, 0.2) is 5.78 Å². The van der Waals surface area contributed by atoms with Gasteiger partial charge in [-0.2, -0.15) is 4.37 Å². The molecule has 0 spiro atoms. The highest BCUT2D eigenvalue weighted by molar-refractivity contribution is 7.03. The SMILES string of the molecule is C[C@@H](N)CC(=O)c1ccsn1. The molecule has 0 fully saturated rings. The van der Waals surface area contributed by atoms with Gasteiger partial charge in [-0.25, -0.2) is 0 Å². The smallest absolute Gasteiger partial charge is 0.183 e. The maximum absolute atomic E-state index is 11.2. The van der Waals surface area contributed by atoms with Gasteiger partial charge < -0.3 is 5.73 Å². The van der Waals surface area contributed by atoms with Gasteiger partial charge in [-0.3, -0.25) is 4.79 Å². The van der Waals surface area contributed by atoms with Crippen molar-refractivity contribution in [2.75, 3.05) is 0 Å². The topological polar surface area (TPSA) is 56.0 Å². The highest BCUT2D eigenvalue weighted by atomic mass is 32.1. The molecular weight excluding hydrogens is 160 g/mol. The van der Waals surface area contributed by atoms with Gasteiger partial charge in [0.1, 0.15) is 5.69 Å². The highest BCUT2D eigenvalue weighted by Gasteiger charge is 2.09. The molecule has 60 valence electrons. The Balaban J connectivity index is 2.57. The molecule has 4 heteroatoms. The molecule has 1 aromatic heterocycles. The first-order valence-electron chi connectivity index (χ1n) is 3.39. The van der Waals surface area contributed by atoms with E-state index in [1.165, 1.54) is 11.5 Å². The zero-order chi connectivity index (χ0) is 8.27. The summed E-state index contributed by atoms with van der Waals surface area (Å²) in [6.07, 6.45) is 0.379. The first kappa shape index (κ1) is 8.36. The van der Waals surface area contributed by atoms with Crippen LogP contribution in [0.1, 0.15) is 23.8 Å². The lowest BCUT2D eigenvalue weighted by molar-refractivity contribution is 0.0973. The van der Waals surface area contributed by atoms with Crippen LogP contribution in [0.15, 0.2) is 11.4 Å². The number of Topliss-reactive ketones (excluding diaryl/α,β-unsaturated/α-hetero) is 1. The fourth-order valence-electron chi connectivity index (χ4n) is 0.753. The summed E-state index contributed by atoms with van der Waals surface area (Å²) in [4.78, 5) is 11.2. The minimum Gasteiger partial charge on any atom is -0.328 e.